The first kappa shape index (κ1) is 13.4. The van der Waals surface area contributed by atoms with Crippen molar-refractivity contribution in [2.75, 3.05) is 0 Å². The molecule has 2 aromatic rings. The van der Waals surface area contributed by atoms with Crippen LogP contribution >= 0.6 is 0 Å². The summed E-state index contributed by atoms with van der Waals surface area (Å²) in [6, 6.07) is 2.74. The van der Waals surface area contributed by atoms with Gasteiger partial charge in [0.05, 0.1) is 18.3 Å². The van der Waals surface area contributed by atoms with E-state index in [4.69, 9.17) is 5.10 Å². The van der Waals surface area contributed by atoms with Crippen LogP contribution in [0.1, 0.15) is 49.7 Å². The summed E-state index contributed by atoms with van der Waals surface area (Å²) in [6.45, 7) is 1.58. The largest absolute Gasteiger partial charge is 0.337 e. The van der Waals surface area contributed by atoms with Crippen molar-refractivity contribution >= 4 is 0 Å². The minimum absolute atomic E-state index is 0.618. The second-order valence-corrected chi connectivity index (χ2v) is 5.64. The number of imidazole rings is 1. The highest BCUT2D eigenvalue weighted by Gasteiger charge is 2.15. The molecular formula is C15H23N5. The number of hydrogen-bond donors (Lipinski definition) is 1. The van der Waals surface area contributed by atoms with Crippen molar-refractivity contribution < 1.29 is 0 Å². The Morgan fingerprint density at radius 2 is 2.05 bits per heavy atom. The summed E-state index contributed by atoms with van der Waals surface area (Å²) in [5, 5.41) is 8.10. The Kier molecular flexibility index (Phi) is 4.16. The van der Waals surface area contributed by atoms with Gasteiger partial charge in [-0.25, -0.2) is 4.98 Å². The molecule has 0 atom stereocenters. The molecule has 1 N–H and O–H groups in total. The molecule has 0 unspecified atom stereocenters. The molecule has 5 heteroatoms. The Hall–Kier alpha value is -1.62. The van der Waals surface area contributed by atoms with Crippen molar-refractivity contribution in [3.63, 3.8) is 0 Å². The molecule has 108 valence electrons. The van der Waals surface area contributed by atoms with Crippen LogP contribution in [0, 0.1) is 0 Å². The highest BCUT2D eigenvalue weighted by atomic mass is 15.3. The molecule has 2 heterocycles. The van der Waals surface area contributed by atoms with Gasteiger partial charge in [0.2, 0.25) is 0 Å². The number of hydrogen-bond acceptors (Lipinski definition) is 3. The van der Waals surface area contributed by atoms with Crippen LogP contribution in [0.15, 0.2) is 24.7 Å². The Morgan fingerprint density at radius 3 is 2.80 bits per heavy atom. The topological polar surface area (TPSA) is 47.7 Å². The van der Waals surface area contributed by atoms with Crippen molar-refractivity contribution in [2.24, 2.45) is 7.05 Å². The van der Waals surface area contributed by atoms with Crippen LogP contribution in [0.2, 0.25) is 0 Å². The van der Waals surface area contributed by atoms with Gasteiger partial charge >= 0.3 is 0 Å². The van der Waals surface area contributed by atoms with Gasteiger partial charge in [0.15, 0.2) is 0 Å². The predicted octanol–water partition coefficient (Wildman–Crippen LogP) is 2.41. The number of rotatable bonds is 5. The lowest BCUT2D eigenvalue weighted by Gasteiger charge is -2.21. The number of nitrogens with one attached hydrogen (secondary N) is 1. The van der Waals surface area contributed by atoms with E-state index in [-0.39, 0.29) is 0 Å². The third-order valence-corrected chi connectivity index (χ3v) is 4.12. The first-order chi connectivity index (χ1) is 9.83. The molecule has 1 aliphatic rings. The van der Waals surface area contributed by atoms with Gasteiger partial charge in [-0.05, 0) is 18.9 Å². The Balaban J connectivity index is 1.51. The van der Waals surface area contributed by atoms with Gasteiger partial charge in [-0.15, -0.1) is 0 Å². The van der Waals surface area contributed by atoms with Crippen molar-refractivity contribution in [2.45, 2.75) is 51.2 Å². The summed E-state index contributed by atoms with van der Waals surface area (Å²) in [4.78, 5) is 4.30. The van der Waals surface area contributed by atoms with E-state index < -0.39 is 0 Å². The van der Waals surface area contributed by atoms with Crippen molar-refractivity contribution in [1.82, 2.24) is 24.6 Å². The maximum Gasteiger partial charge on any atom is 0.122 e. The second kappa shape index (κ2) is 6.22. The molecule has 5 nitrogen and oxygen atoms in total. The third kappa shape index (κ3) is 3.10. The van der Waals surface area contributed by atoms with E-state index in [1.807, 2.05) is 24.0 Å². The van der Waals surface area contributed by atoms with Crippen LogP contribution in [0.5, 0.6) is 0 Å². The lowest BCUT2D eigenvalue weighted by Crippen LogP contribution is -2.17. The summed E-state index contributed by atoms with van der Waals surface area (Å²) < 4.78 is 4.20. The van der Waals surface area contributed by atoms with Gasteiger partial charge in [0.1, 0.15) is 5.82 Å². The fourth-order valence-corrected chi connectivity index (χ4v) is 2.89. The zero-order chi connectivity index (χ0) is 13.8. The molecule has 0 radical (unpaired) electrons. The van der Waals surface area contributed by atoms with E-state index in [2.05, 4.69) is 27.2 Å². The van der Waals surface area contributed by atoms with Crippen LogP contribution in [-0.2, 0) is 20.1 Å². The van der Waals surface area contributed by atoms with Crippen molar-refractivity contribution in [3.8, 4) is 0 Å². The fourth-order valence-electron chi connectivity index (χ4n) is 2.89. The lowest BCUT2D eigenvalue weighted by atomic mass is 9.96. The molecule has 0 aliphatic heterocycles. The molecule has 0 aromatic carbocycles. The molecule has 2 aromatic heterocycles. The molecule has 0 spiro atoms. The maximum absolute atomic E-state index is 4.70. The normalized spacial score (nSPS) is 16.6. The van der Waals surface area contributed by atoms with Crippen molar-refractivity contribution in [1.29, 1.82) is 0 Å². The Labute approximate surface area is 120 Å². The summed E-state index contributed by atoms with van der Waals surface area (Å²) in [6.07, 6.45) is 12.6. The van der Waals surface area contributed by atoms with E-state index in [9.17, 15) is 0 Å². The molecular weight excluding hydrogens is 250 g/mol. The SMILES string of the molecule is Cn1ccnc1CNCc1ccn(C2CCCCC2)n1. The standard InChI is InChI=1S/C15H23N5/c1-19-10-8-17-15(19)12-16-11-13-7-9-20(18-13)14-5-3-2-4-6-14/h7-10,14,16H,2-6,11-12H2,1H3. The second-order valence-electron chi connectivity index (χ2n) is 5.64. The maximum atomic E-state index is 4.70. The summed E-state index contributed by atoms with van der Waals surface area (Å²) >= 11 is 0. The van der Waals surface area contributed by atoms with Crippen LogP contribution in [0.3, 0.4) is 0 Å². The fraction of sp³-hybridized carbons (Fsp3) is 0.600. The van der Waals surface area contributed by atoms with E-state index in [1.165, 1.54) is 32.1 Å². The summed E-state index contributed by atoms with van der Waals surface area (Å²) in [7, 11) is 2.02. The molecule has 0 bridgehead atoms. The molecule has 20 heavy (non-hydrogen) atoms. The first-order valence-corrected chi connectivity index (χ1v) is 7.54. The monoisotopic (exact) mass is 273 g/mol. The van der Waals surface area contributed by atoms with E-state index in [1.54, 1.807) is 0 Å². The zero-order valence-corrected chi connectivity index (χ0v) is 12.1. The predicted molar refractivity (Wildman–Crippen MR) is 78.1 cm³/mol. The molecule has 0 saturated heterocycles. The molecule has 3 rings (SSSR count). The Bertz CT molecular complexity index is 536. The minimum atomic E-state index is 0.618. The van der Waals surface area contributed by atoms with Crippen LogP contribution in [0.25, 0.3) is 0 Å². The number of nitrogens with zero attached hydrogens (tertiary/aromatic N) is 4. The van der Waals surface area contributed by atoms with E-state index in [0.717, 1.165) is 24.6 Å². The van der Waals surface area contributed by atoms with Crippen LogP contribution in [-0.4, -0.2) is 19.3 Å². The average Bonchev–Trinajstić information content (AvgIpc) is 3.10. The Morgan fingerprint density at radius 1 is 1.20 bits per heavy atom. The molecule has 0 amide bonds. The number of aryl methyl sites for hydroxylation is 1. The molecule has 1 saturated carbocycles. The van der Waals surface area contributed by atoms with Crippen molar-refractivity contribution in [3.05, 3.63) is 36.2 Å². The first-order valence-electron chi connectivity index (χ1n) is 7.54. The van der Waals surface area contributed by atoms with Gasteiger partial charge < -0.3 is 9.88 Å². The van der Waals surface area contributed by atoms with Gasteiger partial charge in [-0.3, -0.25) is 4.68 Å². The van der Waals surface area contributed by atoms with Gasteiger partial charge in [0.25, 0.3) is 0 Å². The van der Waals surface area contributed by atoms with E-state index >= 15 is 0 Å². The average molecular weight is 273 g/mol. The molecule has 1 aliphatic carbocycles. The smallest absolute Gasteiger partial charge is 0.122 e. The number of aromatic nitrogens is 4. The van der Waals surface area contributed by atoms with E-state index in [0.29, 0.717) is 6.04 Å². The third-order valence-electron chi connectivity index (χ3n) is 4.12. The van der Waals surface area contributed by atoms with Gasteiger partial charge in [-0.1, -0.05) is 19.3 Å². The summed E-state index contributed by atoms with van der Waals surface area (Å²) in [5.74, 6) is 1.05. The highest BCUT2D eigenvalue weighted by Crippen LogP contribution is 2.27. The zero-order valence-electron chi connectivity index (χ0n) is 12.1. The van der Waals surface area contributed by atoms with Gasteiger partial charge in [-0.2, -0.15) is 5.10 Å². The molecule has 1 fully saturated rings. The van der Waals surface area contributed by atoms with Crippen LogP contribution < -0.4 is 5.32 Å². The lowest BCUT2D eigenvalue weighted by molar-refractivity contribution is 0.327. The quantitative estimate of drug-likeness (QED) is 0.910. The van der Waals surface area contributed by atoms with Gasteiger partial charge in [0, 0.05) is 32.2 Å². The summed E-state index contributed by atoms with van der Waals surface area (Å²) in [5.41, 5.74) is 1.12. The highest BCUT2D eigenvalue weighted by molar-refractivity contribution is 5.00. The minimum Gasteiger partial charge on any atom is -0.337 e. The van der Waals surface area contributed by atoms with Crippen LogP contribution in [0.4, 0.5) is 0 Å².